The van der Waals surface area contributed by atoms with Crippen LogP contribution in [0.5, 0.6) is 5.75 Å². The molecule has 1 aliphatic rings. The Morgan fingerprint density at radius 2 is 1.96 bits per heavy atom. The maximum absolute atomic E-state index is 12.5. The van der Waals surface area contributed by atoms with Crippen molar-refractivity contribution in [2.24, 2.45) is 0 Å². The number of hydrogen-bond acceptors (Lipinski definition) is 6. The van der Waals surface area contributed by atoms with Crippen LogP contribution in [-0.2, 0) is 11.2 Å². The molecule has 0 spiro atoms. The van der Waals surface area contributed by atoms with Crippen molar-refractivity contribution in [3.63, 3.8) is 0 Å². The minimum Gasteiger partial charge on any atom is -0.497 e. The number of carbonyl (C=O) groups excluding carboxylic acids is 1. The van der Waals surface area contributed by atoms with E-state index in [4.69, 9.17) is 13.6 Å². The van der Waals surface area contributed by atoms with Crippen LogP contribution in [0.3, 0.4) is 0 Å². The summed E-state index contributed by atoms with van der Waals surface area (Å²) in [6, 6.07) is 9.65. The van der Waals surface area contributed by atoms with Crippen LogP contribution < -0.4 is 4.74 Å². The van der Waals surface area contributed by atoms with E-state index >= 15 is 0 Å². The molecule has 0 N–H and O–H groups in total. The van der Waals surface area contributed by atoms with Crippen LogP contribution in [0.2, 0.25) is 0 Å². The molecule has 7 nitrogen and oxygen atoms in total. The van der Waals surface area contributed by atoms with Gasteiger partial charge in [-0.05, 0) is 43.0 Å². The van der Waals surface area contributed by atoms with Crippen molar-refractivity contribution in [1.29, 1.82) is 0 Å². The second kappa shape index (κ2) is 8.29. The van der Waals surface area contributed by atoms with Gasteiger partial charge in [0.25, 0.3) is 5.89 Å². The zero-order chi connectivity index (χ0) is 19.3. The predicted molar refractivity (Wildman–Crippen MR) is 102 cm³/mol. The minimum atomic E-state index is 0.193. The number of ether oxygens (including phenoxy) is 1. The van der Waals surface area contributed by atoms with E-state index in [-0.39, 0.29) is 11.8 Å². The summed E-state index contributed by atoms with van der Waals surface area (Å²) in [5, 5.41) is 8.28. The third-order valence-electron chi connectivity index (χ3n) is 5.19. The molecular weight excluding hydrogens is 358 g/mol. The molecule has 0 aliphatic carbocycles. The van der Waals surface area contributed by atoms with E-state index in [1.165, 1.54) is 0 Å². The Balaban J connectivity index is 1.27. The zero-order valence-electron chi connectivity index (χ0n) is 15.8. The Hall–Kier alpha value is -3.09. The Bertz CT molecular complexity index is 894. The van der Waals surface area contributed by atoms with Crippen molar-refractivity contribution in [1.82, 2.24) is 15.1 Å². The number of furan rings is 1. The monoisotopic (exact) mass is 381 g/mol. The third kappa shape index (κ3) is 4.08. The van der Waals surface area contributed by atoms with E-state index in [2.05, 4.69) is 10.2 Å². The highest BCUT2D eigenvalue weighted by molar-refractivity contribution is 5.76. The summed E-state index contributed by atoms with van der Waals surface area (Å²) in [6.45, 7) is 1.44. The Morgan fingerprint density at radius 1 is 1.18 bits per heavy atom. The number of aryl methyl sites for hydroxylation is 1. The highest BCUT2D eigenvalue weighted by atomic mass is 16.5. The van der Waals surface area contributed by atoms with Crippen LogP contribution >= 0.6 is 0 Å². The van der Waals surface area contributed by atoms with Crippen LogP contribution in [0.1, 0.15) is 36.6 Å². The highest BCUT2D eigenvalue weighted by Crippen LogP contribution is 2.29. The van der Waals surface area contributed by atoms with Crippen LogP contribution in [0.25, 0.3) is 11.5 Å². The van der Waals surface area contributed by atoms with Gasteiger partial charge in [0.15, 0.2) is 0 Å². The molecule has 146 valence electrons. The van der Waals surface area contributed by atoms with Crippen molar-refractivity contribution < 1.29 is 18.4 Å². The first kappa shape index (κ1) is 18.3. The van der Waals surface area contributed by atoms with E-state index < -0.39 is 0 Å². The van der Waals surface area contributed by atoms with Crippen LogP contribution in [0.15, 0.2) is 51.7 Å². The quantitative estimate of drug-likeness (QED) is 0.648. The highest BCUT2D eigenvalue weighted by Gasteiger charge is 2.27. The van der Waals surface area contributed by atoms with E-state index in [0.717, 1.165) is 49.2 Å². The van der Waals surface area contributed by atoms with E-state index in [9.17, 15) is 4.79 Å². The first-order chi connectivity index (χ1) is 13.7. The second-order valence-electron chi connectivity index (χ2n) is 6.96. The Labute approximate surface area is 163 Å². The van der Waals surface area contributed by atoms with Crippen LogP contribution in [-0.4, -0.2) is 41.2 Å². The normalized spacial score (nSPS) is 15.0. The smallest absolute Gasteiger partial charge is 0.250 e. The van der Waals surface area contributed by atoms with E-state index in [0.29, 0.717) is 18.2 Å². The van der Waals surface area contributed by atoms with Crippen molar-refractivity contribution in [3.8, 4) is 17.2 Å². The van der Waals surface area contributed by atoms with Gasteiger partial charge >= 0.3 is 0 Å². The fraction of sp³-hybridized carbons (Fsp3) is 0.381. The average Bonchev–Trinajstić information content (AvgIpc) is 3.44. The number of benzene rings is 1. The fourth-order valence-electron chi connectivity index (χ4n) is 3.48. The van der Waals surface area contributed by atoms with Crippen LogP contribution in [0, 0.1) is 0 Å². The molecule has 0 unspecified atom stereocenters. The predicted octanol–water partition coefficient (Wildman–Crippen LogP) is 3.68. The summed E-state index contributed by atoms with van der Waals surface area (Å²) >= 11 is 0. The van der Waals surface area contributed by atoms with E-state index in [1.807, 2.05) is 29.2 Å². The number of methoxy groups -OCH3 is 1. The van der Waals surface area contributed by atoms with Gasteiger partial charge in [0.05, 0.1) is 18.9 Å². The van der Waals surface area contributed by atoms with Gasteiger partial charge in [-0.25, -0.2) is 0 Å². The number of likely N-dealkylation sites (tertiary alicyclic amines) is 1. The maximum Gasteiger partial charge on any atom is 0.250 e. The summed E-state index contributed by atoms with van der Waals surface area (Å²) in [4.78, 5) is 14.5. The molecule has 0 atom stereocenters. The maximum atomic E-state index is 12.5. The molecule has 2 aromatic heterocycles. The number of hydrogen-bond donors (Lipinski definition) is 0. The molecule has 1 aromatic carbocycles. The lowest BCUT2D eigenvalue weighted by Gasteiger charge is -2.30. The SMILES string of the molecule is COc1ccc(CCC(=O)N2CCC(c3nnc(-c4ccoc4)o3)CC2)cc1. The molecule has 0 radical (unpaired) electrons. The largest absolute Gasteiger partial charge is 0.497 e. The molecule has 0 saturated carbocycles. The molecule has 3 heterocycles. The molecule has 3 aromatic rings. The summed E-state index contributed by atoms with van der Waals surface area (Å²) in [5.41, 5.74) is 1.92. The number of aromatic nitrogens is 2. The van der Waals surface area contributed by atoms with Gasteiger partial charge in [0, 0.05) is 25.4 Å². The average molecular weight is 381 g/mol. The number of rotatable bonds is 6. The lowest BCUT2D eigenvalue weighted by Crippen LogP contribution is -2.38. The molecule has 1 amide bonds. The Kier molecular flexibility index (Phi) is 5.41. The molecule has 1 saturated heterocycles. The first-order valence-corrected chi connectivity index (χ1v) is 9.49. The van der Waals surface area contributed by atoms with Crippen molar-refractivity contribution in [3.05, 3.63) is 54.3 Å². The number of nitrogens with zero attached hydrogens (tertiary/aromatic N) is 3. The number of piperidine rings is 1. The molecule has 7 heteroatoms. The first-order valence-electron chi connectivity index (χ1n) is 9.49. The topological polar surface area (TPSA) is 81.6 Å². The van der Waals surface area contributed by atoms with Crippen molar-refractivity contribution in [2.75, 3.05) is 20.2 Å². The standard InChI is InChI=1S/C21H23N3O4/c1-26-18-5-2-15(3-6-18)4-7-19(25)24-11-8-16(9-12-24)20-22-23-21(28-20)17-10-13-27-14-17/h2-3,5-6,10,13-14,16H,4,7-9,11-12H2,1H3. The summed E-state index contributed by atoms with van der Waals surface area (Å²) in [5.74, 6) is 2.33. The lowest BCUT2D eigenvalue weighted by molar-refractivity contribution is -0.132. The molecule has 28 heavy (non-hydrogen) atoms. The van der Waals surface area contributed by atoms with Gasteiger partial charge in [0.2, 0.25) is 11.8 Å². The molecule has 0 bridgehead atoms. The van der Waals surface area contributed by atoms with Gasteiger partial charge in [-0.2, -0.15) is 0 Å². The van der Waals surface area contributed by atoms with Crippen molar-refractivity contribution >= 4 is 5.91 Å². The summed E-state index contributed by atoms with van der Waals surface area (Å²) in [6.07, 6.45) is 6.09. The third-order valence-corrected chi connectivity index (χ3v) is 5.19. The molecule has 1 fully saturated rings. The minimum absolute atomic E-state index is 0.193. The van der Waals surface area contributed by atoms with E-state index in [1.54, 1.807) is 25.7 Å². The Morgan fingerprint density at radius 3 is 2.64 bits per heavy atom. The zero-order valence-corrected chi connectivity index (χ0v) is 15.8. The van der Waals surface area contributed by atoms with Gasteiger partial charge in [-0.15, -0.1) is 10.2 Å². The molecular formula is C21H23N3O4. The number of amides is 1. The summed E-state index contributed by atoms with van der Waals surface area (Å²) < 4.78 is 16.0. The lowest BCUT2D eigenvalue weighted by atomic mass is 9.96. The molecule has 1 aliphatic heterocycles. The van der Waals surface area contributed by atoms with Crippen LogP contribution in [0.4, 0.5) is 0 Å². The second-order valence-corrected chi connectivity index (χ2v) is 6.96. The van der Waals surface area contributed by atoms with Gasteiger partial charge < -0.3 is 18.5 Å². The van der Waals surface area contributed by atoms with Gasteiger partial charge in [-0.1, -0.05) is 12.1 Å². The van der Waals surface area contributed by atoms with Crippen molar-refractivity contribution in [2.45, 2.75) is 31.6 Å². The van der Waals surface area contributed by atoms with Gasteiger partial charge in [-0.3, -0.25) is 4.79 Å². The molecule has 4 rings (SSSR count). The fourth-order valence-corrected chi connectivity index (χ4v) is 3.48. The number of carbonyl (C=O) groups is 1. The van der Waals surface area contributed by atoms with Gasteiger partial charge in [0.1, 0.15) is 12.0 Å². The summed E-state index contributed by atoms with van der Waals surface area (Å²) in [7, 11) is 1.65.